The number of carboxylic acid groups (broad SMARTS) is 1. The standard InChI is InChI=1S/C11H21NO4.C8H15NO3/c1-7(2)6-8(9(13)14)12-10(15)16-11(3,4)5;1-8(2)11-6-4(9)3-5(10)7(6)12-8/h7-8H,6H2,1-5H3,(H,12,15)(H,13,14);4-7,10H,3,9H2,1-2H3/t8-;4-,5+,6+,7-/m11/s1. The Balaban J connectivity index is 0.000000289. The van der Waals surface area contributed by atoms with Crippen molar-refractivity contribution in [3.63, 3.8) is 0 Å². The lowest BCUT2D eigenvalue weighted by molar-refractivity contribution is -0.163. The fourth-order valence-electron chi connectivity index (χ4n) is 3.14. The zero-order valence-corrected chi connectivity index (χ0v) is 17.9. The summed E-state index contributed by atoms with van der Waals surface area (Å²) in [5.74, 6) is -1.44. The molecule has 0 spiro atoms. The van der Waals surface area contributed by atoms with E-state index in [1.807, 2.05) is 27.7 Å². The molecular weight excluding hydrogens is 368 g/mol. The fourth-order valence-corrected chi connectivity index (χ4v) is 3.14. The number of ether oxygens (including phenoxy) is 3. The summed E-state index contributed by atoms with van der Waals surface area (Å²) in [5, 5.41) is 20.8. The maximum Gasteiger partial charge on any atom is 0.408 e. The molecule has 0 radical (unpaired) electrons. The number of aliphatic carboxylic acids is 1. The number of amides is 1. The Kier molecular flexibility index (Phi) is 8.25. The van der Waals surface area contributed by atoms with Crippen molar-refractivity contribution in [1.82, 2.24) is 5.32 Å². The number of fused-ring (bicyclic) bond motifs is 1. The monoisotopic (exact) mass is 404 g/mol. The summed E-state index contributed by atoms with van der Waals surface area (Å²) in [7, 11) is 0. The maximum atomic E-state index is 11.4. The highest BCUT2D eigenvalue weighted by Gasteiger charge is 2.52. The van der Waals surface area contributed by atoms with Crippen molar-refractivity contribution in [2.75, 3.05) is 0 Å². The van der Waals surface area contributed by atoms with Crippen LogP contribution in [0.25, 0.3) is 0 Å². The van der Waals surface area contributed by atoms with Gasteiger partial charge < -0.3 is 35.5 Å². The van der Waals surface area contributed by atoms with Crippen molar-refractivity contribution in [3.05, 3.63) is 0 Å². The minimum Gasteiger partial charge on any atom is -0.480 e. The summed E-state index contributed by atoms with van der Waals surface area (Å²) in [5.41, 5.74) is 5.15. The van der Waals surface area contributed by atoms with Gasteiger partial charge in [-0.15, -0.1) is 0 Å². The van der Waals surface area contributed by atoms with E-state index in [1.165, 1.54) is 0 Å². The van der Waals surface area contributed by atoms with E-state index in [1.54, 1.807) is 20.8 Å². The molecule has 0 aromatic heterocycles. The Morgan fingerprint density at radius 1 is 1.25 bits per heavy atom. The molecule has 2 rings (SSSR count). The number of nitrogens with one attached hydrogen (secondary N) is 1. The van der Waals surface area contributed by atoms with Gasteiger partial charge in [0, 0.05) is 6.04 Å². The van der Waals surface area contributed by atoms with Gasteiger partial charge in [0.2, 0.25) is 0 Å². The van der Waals surface area contributed by atoms with Crippen LogP contribution in [0, 0.1) is 5.92 Å². The van der Waals surface area contributed by atoms with Gasteiger partial charge in [-0.25, -0.2) is 9.59 Å². The van der Waals surface area contributed by atoms with Crippen LogP contribution in [0.3, 0.4) is 0 Å². The molecule has 164 valence electrons. The minimum atomic E-state index is -1.04. The minimum absolute atomic E-state index is 0.0909. The number of aliphatic hydroxyl groups excluding tert-OH is 1. The SMILES string of the molecule is CC(C)C[C@@H](NC(=O)OC(C)(C)C)C(=O)O.CC1(C)O[C@@H]2[C@H](O1)[C@@H](O)C[C@H]2N. The van der Waals surface area contributed by atoms with Crippen LogP contribution < -0.4 is 11.1 Å². The van der Waals surface area contributed by atoms with E-state index in [2.05, 4.69) is 5.32 Å². The number of aliphatic hydroxyl groups is 1. The van der Waals surface area contributed by atoms with Crippen molar-refractivity contribution in [3.8, 4) is 0 Å². The predicted molar refractivity (Wildman–Crippen MR) is 103 cm³/mol. The third-order valence-corrected chi connectivity index (χ3v) is 4.17. The number of hydrogen-bond donors (Lipinski definition) is 4. The van der Waals surface area contributed by atoms with Gasteiger partial charge in [-0.05, 0) is 53.4 Å². The van der Waals surface area contributed by atoms with Gasteiger partial charge in [-0.1, -0.05) is 13.8 Å². The second-order valence-corrected chi connectivity index (χ2v) is 9.20. The highest BCUT2D eigenvalue weighted by atomic mass is 16.8. The molecule has 0 aromatic rings. The zero-order chi connectivity index (χ0) is 21.9. The summed E-state index contributed by atoms with van der Waals surface area (Å²) < 4.78 is 16.0. The molecule has 0 aromatic carbocycles. The van der Waals surface area contributed by atoms with Crippen molar-refractivity contribution in [2.45, 2.75) is 103 Å². The van der Waals surface area contributed by atoms with Crippen LogP contribution in [0.15, 0.2) is 0 Å². The number of carbonyl (C=O) groups excluding carboxylic acids is 1. The van der Waals surface area contributed by atoms with E-state index in [0.29, 0.717) is 12.8 Å². The van der Waals surface area contributed by atoms with Crippen LogP contribution >= 0.6 is 0 Å². The largest absolute Gasteiger partial charge is 0.480 e. The average molecular weight is 405 g/mol. The van der Waals surface area contributed by atoms with Crippen LogP contribution in [-0.2, 0) is 19.0 Å². The van der Waals surface area contributed by atoms with Crippen LogP contribution in [0.2, 0.25) is 0 Å². The van der Waals surface area contributed by atoms with E-state index in [4.69, 9.17) is 25.1 Å². The molecule has 1 aliphatic heterocycles. The van der Waals surface area contributed by atoms with Crippen molar-refractivity contribution < 1.29 is 34.0 Å². The lowest BCUT2D eigenvalue weighted by atomic mass is 10.0. The predicted octanol–water partition coefficient (Wildman–Crippen LogP) is 1.61. The van der Waals surface area contributed by atoms with Gasteiger partial charge in [0.25, 0.3) is 0 Å². The third-order valence-electron chi connectivity index (χ3n) is 4.17. The van der Waals surface area contributed by atoms with Crippen LogP contribution in [0.4, 0.5) is 4.79 Å². The van der Waals surface area contributed by atoms with E-state index in [0.717, 1.165) is 0 Å². The molecule has 1 saturated carbocycles. The quantitative estimate of drug-likeness (QED) is 0.554. The lowest BCUT2D eigenvalue weighted by Gasteiger charge is -2.22. The molecule has 1 heterocycles. The molecule has 2 aliphatic rings. The molecule has 2 fully saturated rings. The maximum absolute atomic E-state index is 11.4. The Morgan fingerprint density at radius 2 is 1.79 bits per heavy atom. The number of rotatable bonds is 4. The molecule has 0 bridgehead atoms. The van der Waals surface area contributed by atoms with Crippen molar-refractivity contribution in [1.29, 1.82) is 0 Å². The molecule has 9 nitrogen and oxygen atoms in total. The van der Waals surface area contributed by atoms with Crippen molar-refractivity contribution in [2.24, 2.45) is 11.7 Å². The Bertz CT molecular complexity index is 527. The molecule has 1 aliphatic carbocycles. The van der Waals surface area contributed by atoms with Gasteiger partial charge >= 0.3 is 12.1 Å². The van der Waals surface area contributed by atoms with Crippen LogP contribution in [0.1, 0.15) is 61.3 Å². The molecule has 1 amide bonds. The zero-order valence-electron chi connectivity index (χ0n) is 17.9. The first kappa shape index (κ1) is 24.6. The number of carbonyl (C=O) groups is 2. The first-order valence-corrected chi connectivity index (χ1v) is 9.63. The second-order valence-electron chi connectivity index (χ2n) is 9.20. The first-order chi connectivity index (χ1) is 12.6. The van der Waals surface area contributed by atoms with E-state index >= 15 is 0 Å². The van der Waals surface area contributed by atoms with E-state index < -0.39 is 35.6 Å². The number of hydrogen-bond acceptors (Lipinski definition) is 7. The van der Waals surface area contributed by atoms with Gasteiger partial charge in [-0.3, -0.25) is 0 Å². The molecule has 5 atom stereocenters. The molecule has 5 N–H and O–H groups in total. The fraction of sp³-hybridized carbons (Fsp3) is 0.895. The summed E-state index contributed by atoms with van der Waals surface area (Å²) in [6, 6.07) is -0.985. The van der Waals surface area contributed by atoms with Crippen LogP contribution in [0.5, 0.6) is 0 Å². The highest BCUT2D eigenvalue weighted by molar-refractivity contribution is 5.79. The molecule has 0 unspecified atom stereocenters. The Labute approximate surface area is 166 Å². The van der Waals surface area contributed by atoms with Crippen molar-refractivity contribution >= 4 is 12.1 Å². The highest BCUT2D eigenvalue weighted by Crippen LogP contribution is 2.37. The van der Waals surface area contributed by atoms with Gasteiger partial charge in [0.05, 0.1) is 6.10 Å². The Hall–Kier alpha value is -1.42. The average Bonchev–Trinajstić information content (AvgIpc) is 2.92. The van der Waals surface area contributed by atoms with Crippen LogP contribution in [-0.4, -0.2) is 64.1 Å². The van der Waals surface area contributed by atoms with Gasteiger partial charge in [0.1, 0.15) is 23.9 Å². The summed E-state index contributed by atoms with van der Waals surface area (Å²) in [6.07, 6.45) is -0.558. The lowest BCUT2D eigenvalue weighted by Crippen LogP contribution is -2.44. The number of carboxylic acids is 1. The van der Waals surface area contributed by atoms with Gasteiger partial charge in [0.15, 0.2) is 5.79 Å². The summed E-state index contributed by atoms with van der Waals surface area (Å²) >= 11 is 0. The molecule has 28 heavy (non-hydrogen) atoms. The number of alkyl carbamates (subject to hydrolysis) is 1. The summed E-state index contributed by atoms with van der Waals surface area (Å²) in [6.45, 7) is 12.6. The second kappa shape index (κ2) is 9.39. The van der Waals surface area contributed by atoms with Gasteiger partial charge in [-0.2, -0.15) is 0 Å². The topological polar surface area (TPSA) is 140 Å². The molecular formula is C19H36N2O7. The molecule has 9 heteroatoms. The summed E-state index contributed by atoms with van der Waals surface area (Å²) in [4.78, 5) is 22.2. The normalized spacial score (nSPS) is 29.5. The van der Waals surface area contributed by atoms with E-state index in [-0.39, 0.29) is 24.2 Å². The smallest absolute Gasteiger partial charge is 0.408 e. The van der Waals surface area contributed by atoms with E-state index in [9.17, 15) is 14.7 Å². The third kappa shape index (κ3) is 7.90. The first-order valence-electron chi connectivity index (χ1n) is 9.63. The Morgan fingerprint density at radius 3 is 2.21 bits per heavy atom. The number of nitrogens with two attached hydrogens (primary N) is 1. The molecule has 1 saturated heterocycles.